The maximum absolute atomic E-state index is 13.3. The third-order valence-electron chi connectivity index (χ3n) is 6.09. The molecule has 1 aliphatic heterocycles. The van der Waals surface area contributed by atoms with Crippen molar-refractivity contribution in [2.45, 2.75) is 32.9 Å². The number of anilines is 1. The summed E-state index contributed by atoms with van der Waals surface area (Å²) in [6.45, 7) is 5.35. The van der Waals surface area contributed by atoms with Crippen molar-refractivity contribution in [3.8, 4) is 22.5 Å². The first-order chi connectivity index (χ1) is 17.6. The summed E-state index contributed by atoms with van der Waals surface area (Å²) >= 11 is 0. The molecule has 0 saturated carbocycles. The van der Waals surface area contributed by atoms with Crippen LogP contribution in [0.15, 0.2) is 48.5 Å². The molecule has 0 spiro atoms. The van der Waals surface area contributed by atoms with Gasteiger partial charge in [-0.2, -0.15) is 0 Å². The zero-order chi connectivity index (χ0) is 25.3. The molecule has 1 amide bonds. The van der Waals surface area contributed by atoms with Gasteiger partial charge in [-0.05, 0) is 25.6 Å². The van der Waals surface area contributed by atoms with Crippen LogP contribution in [0.2, 0.25) is 0 Å². The Hall–Kier alpha value is -3.40. The number of carbonyl (C=O) groups excluding carboxylic acids is 2. The molecule has 0 radical (unpaired) electrons. The maximum atomic E-state index is 13.3. The lowest BCUT2D eigenvalue weighted by Crippen LogP contribution is -2.32. The molecule has 3 aromatic rings. The number of likely N-dealkylation sites (N-methyl/N-ethyl adjacent to an activating group) is 1. The number of nitrogens with zero attached hydrogens (tertiary/aromatic N) is 4. The van der Waals surface area contributed by atoms with Crippen molar-refractivity contribution in [2.75, 3.05) is 44.9 Å². The molecule has 0 unspecified atom stereocenters. The molecule has 0 bridgehead atoms. The van der Waals surface area contributed by atoms with Crippen LogP contribution >= 0.6 is 0 Å². The summed E-state index contributed by atoms with van der Waals surface area (Å²) in [7, 11) is 1.89. The van der Waals surface area contributed by atoms with Crippen LogP contribution in [-0.4, -0.2) is 66.7 Å². The minimum atomic E-state index is -0.0865. The van der Waals surface area contributed by atoms with E-state index in [2.05, 4.69) is 15.6 Å². The van der Waals surface area contributed by atoms with E-state index in [4.69, 9.17) is 9.47 Å². The molecule has 9 heteroatoms. The van der Waals surface area contributed by atoms with Gasteiger partial charge in [0.15, 0.2) is 0 Å². The van der Waals surface area contributed by atoms with Crippen LogP contribution in [0.5, 0.6) is 0 Å². The first-order valence-electron chi connectivity index (χ1n) is 12.3. The van der Waals surface area contributed by atoms with Gasteiger partial charge in [-0.3, -0.25) is 4.79 Å². The molecule has 2 aromatic carbocycles. The second-order valence-electron chi connectivity index (χ2n) is 8.69. The van der Waals surface area contributed by atoms with Crippen molar-refractivity contribution < 1.29 is 19.1 Å². The van der Waals surface area contributed by atoms with Crippen LogP contribution in [0.3, 0.4) is 0 Å². The van der Waals surface area contributed by atoms with E-state index in [0.29, 0.717) is 39.5 Å². The van der Waals surface area contributed by atoms with Crippen molar-refractivity contribution in [1.29, 1.82) is 0 Å². The van der Waals surface area contributed by atoms with Crippen molar-refractivity contribution in [2.24, 2.45) is 0 Å². The summed E-state index contributed by atoms with van der Waals surface area (Å²) in [4.78, 5) is 26.7. The molecule has 2 heterocycles. The average Bonchev–Trinajstić information content (AvgIpc) is 3.29. The number of fused-ring (bicyclic) bond motifs is 5. The standard InChI is InChI=1S/C27H33N5O4/c1-20(33)11-12-25(34)31-19-21-7-3-4-8-22(21)26-27(23-9-5-6-10-24(23)31)32(30-29-26)14-16-36-18-17-35-15-13-28-2/h3-10,28H,11-19H2,1-2H3. The van der Waals surface area contributed by atoms with E-state index in [1.165, 1.54) is 6.92 Å². The van der Waals surface area contributed by atoms with Crippen molar-refractivity contribution in [3.05, 3.63) is 54.1 Å². The lowest BCUT2D eigenvalue weighted by Gasteiger charge is -2.28. The van der Waals surface area contributed by atoms with Crippen molar-refractivity contribution in [1.82, 2.24) is 20.3 Å². The molecular weight excluding hydrogens is 458 g/mol. The topological polar surface area (TPSA) is 98.6 Å². The SMILES string of the molecule is CNCCOCCOCCn1nnc2c1-c1ccccc1N(C(=O)CCC(C)=O)Cc1ccccc1-2. The van der Waals surface area contributed by atoms with Gasteiger partial charge < -0.3 is 24.5 Å². The average molecular weight is 492 g/mol. The fraction of sp³-hybridized carbons (Fsp3) is 0.407. The summed E-state index contributed by atoms with van der Waals surface area (Å²) < 4.78 is 13.1. The third kappa shape index (κ3) is 6.04. The van der Waals surface area contributed by atoms with E-state index in [-0.39, 0.29) is 24.5 Å². The number of benzene rings is 2. The molecule has 1 N–H and O–H groups in total. The molecule has 0 aliphatic carbocycles. The van der Waals surface area contributed by atoms with E-state index in [1.54, 1.807) is 4.90 Å². The van der Waals surface area contributed by atoms with Crippen molar-refractivity contribution in [3.63, 3.8) is 0 Å². The highest BCUT2D eigenvalue weighted by Gasteiger charge is 2.28. The predicted molar refractivity (Wildman–Crippen MR) is 138 cm³/mol. The van der Waals surface area contributed by atoms with Gasteiger partial charge in [-0.25, -0.2) is 4.68 Å². The maximum Gasteiger partial charge on any atom is 0.227 e. The van der Waals surface area contributed by atoms with Gasteiger partial charge in [0.25, 0.3) is 0 Å². The summed E-state index contributed by atoms with van der Waals surface area (Å²) in [5.74, 6) is -0.0855. The quantitative estimate of drug-likeness (QED) is 0.389. The van der Waals surface area contributed by atoms with Crippen LogP contribution in [0.25, 0.3) is 22.5 Å². The molecule has 190 valence electrons. The largest absolute Gasteiger partial charge is 0.378 e. The van der Waals surface area contributed by atoms with E-state index in [0.717, 1.165) is 40.3 Å². The summed E-state index contributed by atoms with van der Waals surface area (Å²) in [6.07, 6.45) is 0.389. The number of ketones is 1. The number of hydrogen-bond donors (Lipinski definition) is 1. The number of rotatable bonds is 12. The zero-order valence-electron chi connectivity index (χ0n) is 20.9. The highest BCUT2D eigenvalue weighted by Crippen LogP contribution is 2.41. The van der Waals surface area contributed by atoms with Gasteiger partial charge in [0.1, 0.15) is 11.5 Å². The summed E-state index contributed by atoms with van der Waals surface area (Å²) in [5.41, 5.74) is 5.20. The number of para-hydroxylation sites is 1. The minimum Gasteiger partial charge on any atom is -0.378 e. The van der Waals surface area contributed by atoms with Gasteiger partial charge in [0.2, 0.25) is 5.91 Å². The molecule has 0 fully saturated rings. The molecule has 1 aliphatic rings. The Kier molecular flexibility index (Phi) is 8.94. The van der Waals surface area contributed by atoms with E-state index in [9.17, 15) is 9.59 Å². The molecule has 36 heavy (non-hydrogen) atoms. The smallest absolute Gasteiger partial charge is 0.227 e. The lowest BCUT2D eigenvalue weighted by molar-refractivity contribution is -0.123. The predicted octanol–water partition coefficient (Wildman–Crippen LogP) is 3.08. The molecule has 0 saturated heterocycles. The van der Waals surface area contributed by atoms with E-state index < -0.39 is 0 Å². The fourth-order valence-corrected chi connectivity index (χ4v) is 4.26. The number of carbonyl (C=O) groups is 2. The van der Waals surface area contributed by atoms with Gasteiger partial charge in [-0.1, -0.05) is 47.7 Å². The number of hydrogen-bond acceptors (Lipinski definition) is 7. The monoisotopic (exact) mass is 491 g/mol. The molecule has 1 aromatic heterocycles. The Morgan fingerprint density at radius 2 is 1.67 bits per heavy atom. The normalized spacial score (nSPS) is 12.3. The molecule has 9 nitrogen and oxygen atoms in total. The number of amides is 1. The molecule has 4 rings (SSSR count). The second-order valence-corrected chi connectivity index (χ2v) is 8.69. The minimum absolute atomic E-state index is 0.000993. The van der Waals surface area contributed by atoms with E-state index in [1.807, 2.05) is 60.3 Å². The first kappa shape index (κ1) is 25.7. The highest BCUT2D eigenvalue weighted by atomic mass is 16.5. The first-order valence-corrected chi connectivity index (χ1v) is 12.3. The number of Topliss-reactive ketones (excluding diaryl/α,β-unsaturated/α-hetero) is 1. The van der Waals surface area contributed by atoms with Crippen LogP contribution in [-0.2, 0) is 32.2 Å². The Bertz CT molecular complexity index is 1190. The van der Waals surface area contributed by atoms with Gasteiger partial charge >= 0.3 is 0 Å². The fourth-order valence-electron chi connectivity index (χ4n) is 4.26. The zero-order valence-corrected chi connectivity index (χ0v) is 20.9. The second kappa shape index (κ2) is 12.5. The Balaban J connectivity index is 1.63. The van der Waals surface area contributed by atoms with E-state index >= 15 is 0 Å². The molecule has 0 atom stereocenters. The van der Waals surface area contributed by atoms with Crippen LogP contribution in [0, 0.1) is 0 Å². The Morgan fingerprint density at radius 1 is 0.944 bits per heavy atom. The lowest BCUT2D eigenvalue weighted by atomic mass is 9.95. The molecular formula is C27H33N5O4. The highest BCUT2D eigenvalue weighted by molar-refractivity contribution is 6.01. The summed E-state index contributed by atoms with van der Waals surface area (Å²) in [5, 5.41) is 12.1. The number of aromatic nitrogens is 3. The van der Waals surface area contributed by atoms with Crippen LogP contribution in [0.4, 0.5) is 5.69 Å². The number of nitrogens with one attached hydrogen (secondary N) is 1. The Labute approximate surface area is 211 Å². The van der Waals surface area contributed by atoms with Crippen LogP contribution in [0.1, 0.15) is 25.3 Å². The van der Waals surface area contributed by atoms with Gasteiger partial charge in [0, 0.05) is 30.5 Å². The third-order valence-corrected chi connectivity index (χ3v) is 6.09. The summed E-state index contributed by atoms with van der Waals surface area (Å²) in [6, 6.07) is 15.7. The Morgan fingerprint density at radius 3 is 2.44 bits per heavy atom. The van der Waals surface area contributed by atoms with Crippen LogP contribution < -0.4 is 10.2 Å². The van der Waals surface area contributed by atoms with Gasteiger partial charge in [0.05, 0.1) is 50.9 Å². The van der Waals surface area contributed by atoms with Crippen molar-refractivity contribution >= 4 is 17.4 Å². The number of ether oxygens (including phenoxy) is 2. The van der Waals surface area contributed by atoms with Gasteiger partial charge in [-0.15, -0.1) is 5.10 Å².